The molecule has 1 N–H and O–H groups in total. The number of carbonyl (C=O) groups is 1. The van der Waals surface area contributed by atoms with E-state index in [0.717, 1.165) is 42.9 Å². The van der Waals surface area contributed by atoms with Crippen molar-refractivity contribution < 1.29 is 13.9 Å². The van der Waals surface area contributed by atoms with Gasteiger partial charge in [-0.15, -0.1) is 5.10 Å². The lowest BCUT2D eigenvalue weighted by atomic mass is 10.0. The van der Waals surface area contributed by atoms with Crippen molar-refractivity contribution in [1.82, 2.24) is 30.2 Å². The van der Waals surface area contributed by atoms with Crippen LogP contribution in [0, 0.1) is 5.82 Å². The molecule has 0 bridgehead atoms. The summed E-state index contributed by atoms with van der Waals surface area (Å²) in [6, 6.07) is 11.9. The molecular weight excluding hydrogens is 411 g/mol. The third-order valence-corrected chi connectivity index (χ3v) is 6.11. The topological polar surface area (TPSA) is 85.2 Å². The number of nitrogens with one attached hydrogen (secondary N) is 1. The van der Waals surface area contributed by atoms with Gasteiger partial charge in [0, 0.05) is 31.9 Å². The third-order valence-electron chi connectivity index (χ3n) is 6.11. The highest BCUT2D eigenvalue weighted by Crippen LogP contribution is 2.27. The molecule has 1 unspecified atom stereocenters. The number of carbonyl (C=O) groups excluding carboxylic acids is 1. The Labute approximate surface area is 185 Å². The van der Waals surface area contributed by atoms with E-state index in [1.54, 1.807) is 30.5 Å². The minimum Gasteiger partial charge on any atom is -0.365 e. The van der Waals surface area contributed by atoms with Gasteiger partial charge in [-0.1, -0.05) is 23.4 Å². The van der Waals surface area contributed by atoms with Crippen LogP contribution in [0.15, 0.2) is 48.7 Å². The summed E-state index contributed by atoms with van der Waals surface area (Å²) < 4.78 is 21.1. The third kappa shape index (κ3) is 4.53. The lowest BCUT2D eigenvalue weighted by molar-refractivity contribution is -0.00220. The molecule has 9 heteroatoms. The maximum absolute atomic E-state index is 13.2. The van der Waals surface area contributed by atoms with Crippen molar-refractivity contribution in [3.63, 3.8) is 0 Å². The maximum Gasteiger partial charge on any atom is 0.270 e. The number of halogens is 1. The molecule has 0 saturated carbocycles. The van der Waals surface area contributed by atoms with E-state index in [9.17, 15) is 9.18 Å². The van der Waals surface area contributed by atoms with Crippen LogP contribution in [0.1, 0.15) is 46.4 Å². The van der Waals surface area contributed by atoms with Crippen LogP contribution >= 0.6 is 0 Å². The Morgan fingerprint density at radius 2 is 1.97 bits per heavy atom. The van der Waals surface area contributed by atoms with E-state index in [-0.39, 0.29) is 23.9 Å². The number of benzene rings is 1. The number of pyridine rings is 1. The summed E-state index contributed by atoms with van der Waals surface area (Å²) in [5.74, 6) is -0.377. The molecule has 2 aromatic heterocycles. The van der Waals surface area contributed by atoms with Gasteiger partial charge in [0.25, 0.3) is 5.91 Å². The second-order valence-corrected chi connectivity index (χ2v) is 8.25. The largest absolute Gasteiger partial charge is 0.365 e. The predicted molar refractivity (Wildman–Crippen MR) is 114 cm³/mol. The normalized spacial score (nSPS) is 19.5. The molecule has 2 aliphatic rings. The summed E-state index contributed by atoms with van der Waals surface area (Å²) in [6.07, 6.45) is 3.23. The number of amides is 1. The highest BCUT2D eigenvalue weighted by atomic mass is 19.1. The van der Waals surface area contributed by atoms with Crippen molar-refractivity contribution in [3.05, 3.63) is 77.1 Å². The number of likely N-dealkylation sites (tertiary alicyclic amines) is 1. The number of ether oxygens (including phenoxy) is 1. The van der Waals surface area contributed by atoms with Crippen LogP contribution in [0.25, 0.3) is 0 Å². The Balaban J connectivity index is 1.14. The van der Waals surface area contributed by atoms with E-state index in [0.29, 0.717) is 25.4 Å². The zero-order chi connectivity index (χ0) is 21.9. The Kier molecular flexibility index (Phi) is 5.91. The number of rotatable bonds is 5. The van der Waals surface area contributed by atoms with E-state index in [4.69, 9.17) is 4.74 Å². The Morgan fingerprint density at radius 1 is 1.16 bits per heavy atom. The van der Waals surface area contributed by atoms with Crippen molar-refractivity contribution in [2.75, 3.05) is 13.1 Å². The number of hydrogen-bond donors (Lipinski definition) is 1. The zero-order valence-corrected chi connectivity index (χ0v) is 17.7. The minimum atomic E-state index is -0.256. The SMILES string of the molecule is O=C(NC1CCN(Cc2nnn3c2COC(c2ccc(F)cc2)C3)CC1)c1ccccn1. The van der Waals surface area contributed by atoms with Crippen molar-refractivity contribution in [2.24, 2.45) is 0 Å². The molecule has 3 aromatic rings. The molecule has 1 amide bonds. The van der Waals surface area contributed by atoms with Crippen LogP contribution in [-0.4, -0.2) is 49.9 Å². The minimum absolute atomic E-state index is 0.121. The molecule has 1 saturated heterocycles. The van der Waals surface area contributed by atoms with Crippen LogP contribution < -0.4 is 5.32 Å². The van der Waals surface area contributed by atoms with Gasteiger partial charge in [0.15, 0.2) is 0 Å². The maximum atomic E-state index is 13.2. The standard InChI is InChI=1S/C23H25FN6O2/c24-17-6-4-16(5-7-17)22-14-30-21(15-32-22)20(27-28-30)13-29-11-8-18(9-12-29)26-23(31)19-3-1-2-10-25-19/h1-7,10,18,22H,8-9,11-15H2,(H,26,31). The highest BCUT2D eigenvalue weighted by Gasteiger charge is 2.27. The van der Waals surface area contributed by atoms with Crippen molar-refractivity contribution in [1.29, 1.82) is 0 Å². The van der Waals surface area contributed by atoms with Gasteiger partial charge >= 0.3 is 0 Å². The van der Waals surface area contributed by atoms with E-state index in [2.05, 4.69) is 25.5 Å². The number of fused-ring (bicyclic) bond motifs is 1. The van der Waals surface area contributed by atoms with Crippen LogP contribution in [0.5, 0.6) is 0 Å². The first-order valence-corrected chi connectivity index (χ1v) is 10.9. The zero-order valence-electron chi connectivity index (χ0n) is 17.7. The first-order valence-electron chi connectivity index (χ1n) is 10.9. The number of hydrogen-bond acceptors (Lipinski definition) is 6. The highest BCUT2D eigenvalue weighted by molar-refractivity contribution is 5.92. The molecule has 4 heterocycles. The van der Waals surface area contributed by atoms with Crippen molar-refractivity contribution in [2.45, 2.75) is 44.7 Å². The molecule has 32 heavy (non-hydrogen) atoms. The lowest BCUT2D eigenvalue weighted by Crippen LogP contribution is -2.44. The average molecular weight is 436 g/mol. The smallest absolute Gasteiger partial charge is 0.270 e. The summed E-state index contributed by atoms with van der Waals surface area (Å²) in [5.41, 5.74) is 3.31. The first kappa shape index (κ1) is 20.7. The van der Waals surface area contributed by atoms with Crippen molar-refractivity contribution in [3.8, 4) is 0 Å². The first-order chi connectivity index (χ1) is 15.7. The van der Waals surface area contributed by atoms with E-state index in [1.165, 1.54) is 12.1 Å². The molecule has 2 aliphatic heterocycles. The molecule has 5 rings (SSSR count). The van der Waals surface area contributed by atoms with Gasteiger partial charge < -0.3 is 10.1 Å². The summed E-state index contributed by atoms with van der Waals surface area (Å²) in [6.45, 7) is 3.45. The van der Waals surface area contributed by atoms with Crippen LogP contribution in [0.2, 0.25) is 0 Å². The molecule has 0 radical (unpaired) electrons. The second kappa shape index (κ2) is 9.13. The molecule has 8 nitrogen and oxygen atoms in total. The number of aromatic nitrogens is 4. The fraction of sp³-hybridized carbons (Fsp3) is 0.391. The molecule has 1 aromatic carbocycles. The Bertz CT molecular complexity index is 1060. The van der Waals surface area contributed by atoms with Gasteiger partial charge in [-0.2, -0.15) is 0 Å². The Morgan fingerprint density at radius 3 is 2.72 bits per heavy atom. The van der Waals surface area contributed by atoms with Gasteiger partial charge in [0.05, 0.1) is 18.8 Å². The van der Waals surface area contributed by atoms with E-state index < -0.39 is 0 Å². The van der Waals surface area contributed by atoms with E-state index in [1.807, 2.05) is 10.7 Å². The Hall–Kier alpha value is -3.17. The molecule has 0 aliphatic carbocycles. The van der Waals surface area contributed by atoms with Gasteiger partial charge in [-0.05, 0) is 42.7 Å². The van der Waals surface area contributed by atoms with Crippen LogP contribution in [-0.2, 0) is 24.4 Å². The fourth-order valence-corrected chi connectivity index (χ4v) is 4.27. The summed E-state index contributed by atoms with van der Waals surface area (Å²) >= 11 is 0. The molecule has 0 spiro atoms. The van der Waals surface area contributed by atoms with Crippen molar-refractivity contribution >= 4 is 5.91 Å². The fourth-order valence-electron chi connectivity index (χ4n) is 4.27. The lowest BCUT2D eigenvalue weighted by Gasteiger charge is -2.32. The summed E-state index contributed by atoms with van der Waals surface area (Å²) in [4.78, 5) is 18.8. The van der Waals surface area contributed by atoms with Gasteiger partial charge in [0.2, 0.25) is 0 Å². The van der Waals surface area contributed by atoms with Gasteiger partial charge in [0.1, 0.15) is 23.3 Å². The quantitative estimate of drug-likeness (QED) is 0.662. The summed E-state index contributed by atoms with van der Waals surface area (Å²) in [7, 11) is 0. The second-order valence-electron chi connectivity index (χ2n) is 8.25. The monoisotopic (exact) mass is 436 g/mol. The summed E-state index contributed by atoms with van der Waals surface area (Å²) in [5, 5.41) is 11.8. The van der Waals surface area contributed by atoms with Gasteiger partial charge in [-0.3, -0.25) is 14.7 Å². The molecular formula is C23H25FN6O2. The molecule has 1 fully saturated rings. The van der Waals surface area contributed by atoms with Crippen LogP contribution in [0.3, 0.4) is 0 Å². The number of nitrogens with zero attached hydrogens (tertiary/aromatic N) is 5. The molecule has 1 atom stereocenters. The number of piperidine rings is 1. The average Bonchev–Trinajstić information content (AvgIpc) is 3.23. The van der Waals surface area contributed by atoms with Gasteiger partial charge in [-0.25, -0.2) is 9.07 Å². The molecule has 166 valence electrons. The van der Waals surface area contributed by atoms with Crippen LogP contribution in [0.4, 0.5) is 4.39 Å². The predicted octanol–water partition coefficient (Wildman–Crippen LogP) is 2.48. The van der Waals surface area contributed by atoms with E-state index >= 15 is 0 Å².